The average molecular weight is 611 g/mol. The van der Waals surface area contributed by atoms with Crippen molar-refractivity contribution in [3.8, 4) is 0 Å². The van der Waals surface area contributed by atoms with Crippen LogP contribution in [0.25, 0.3) is 10.9 Å². The van der Waals surface area contributed by atoms with Crippen molar-refractivity contribution in [1.82, 2.24) is 14.5 Å². The first-order valence-corrected chi connectivity index (χ1v) is 15.9. The summed E-state index contributed by atoms with van der Waals surface area (Å²) >= 11 is 12.4. The van der Waals surface area contributed by atoms with E-state index in [-0.39, 0.29) is 23.8 Å². The number of nitrogens with zero attached hydrogens (tertiary/aromatic N) is 4. The van der Waals surface area contributed by atoms with Crippen molar-refractivity contribution in [2.24, 2.45) is 28.2 Å². The zero-order valence-corrected chi connectivity index (χ0v) is 26.6. The van der Waals surface area contributed by atoms with Gasteiger partial charge in [-0.05, 0) is 92.2 Å². The molecule has 1 saturated heterocycles. The Hall–Kier alpha value is -2.61. The molecule has 1 aromatic heterocycles. The third-order valence-electron chi connectivity index (χ3n) is 10.0. The van der Waals surface area contributed by atoms with Crippen LogP contribution in [0.5, 0.6) is 0 Å². The molecule has 3 aliphatic carbocycles. The molecular formula is C33H41Cl2N5O2. The number of nitrogens with one attached hydrogen (secondary N) is 1. The third kappa shape index (κ3) is 5.68. The zero-order valence-electron chi connectivity index (χ0n) is 25.1. The minimum atomic E-state index is -0.0702. The lowest BCUT2D eigenvalue weighted by Crippen LogP contribution is -2.57. The summed E-state index contributed by atoms with van der Waals surface area (Å²) in [5.41, 5.74) is 2.82. The SMILES string of the molecule is C[C@@H]1[C@@H](/N=C(/Nc2ccc3c(=O)n(CCc4ccc(Cl)cc4Cl)cnc3c2)N2C[C@@H](C)O[C@@H](C)C2)C[C@@H]2C[C@H]1C2(C)C. The van der Waals surface area contributed by atoms with E-state index in [0.717, 1.165) is 48.6 Å². The monoisotopic (exact) mass is 609 g/mol. The van der Waals surface area contributed by atoms with Gasteiger partial charge in [-0.25, -0.2) is 9.98 Å². The van der Waals surface area contributed by atoms with Gasteiger partial charge in [-0.2, -0.15) is 0 Å². The van der Waals surface area contributed by atoms with Crippen LogP contribution in [0.1, 0.15) is 53.0 Å². The molecular weight excluding hydrogens is 569 g/mol. The molecule has 1 aliphatic heterocycles. The van der Waals surface area contributed by atoms with Gasteiger partial charge in [0.1, 0.15) is 0 Å². The van der Waals surface area contributed by atoms with Gasteiger partial charge in [-0.15, -0.1) is 0 Å². The maximum Gasteiger partial charge on any atom is 0.261 e. The van der Waals surface area contributed by atoms with Gasteiger partial charge in [0.15, 0.2) is 5.96 Å². The van der Waals surface area contributed by atoms with Crippen LogP contribution < -0.4 is 10.9 Å². The predicted molar refractivity (Wildman–Crippen MR) is 172 cm³/mol. The molecule has 4 aliphatic rings. The smallest absolute Gasteiger partial charge is 0.261 e. The molecule has 3 saturated carbocycles. The van der Waals surface area contributed by atoms with Gasteiger partial charge in [0, 0.05) is 35.4 Å². The van der Waals surface area contributed by atoms with Crippen LogP contribution in [0.15, 0.2) is 52.5 Å². The summed E-state index contributed by atoms with van der Waals surface area (Å²) in [7, 11) is 0. The molecule has 2 bridgehead atoms. The minimum absolute atomic E-state index is 0.0702. The van der Waals surface area contributed by atoms with E-state index in [1.807, 2.05) is 30.3 Å². The van der Waals surface area contributed by atoms with Crippen molar-refractivity contribution in [2.75, 3.05) is 18.4 Å². The third-order valence-corrected chi connectivity index (χ3v) is 10.6. The Balaban J connectivity index is 1.24. The van der Waals surface area contributed by atoms with Gasteiger partial charge in [0.2, 0.25) is 0 Å². The largest absolute Gasteiger partial charge is 0.372 e. The summed E-state index contributed by atoms with van der Waals surface area (Å²) in [6.07, 6.45) is 4.93. The van der Waals surface area contributed by atoms with E-state index in [1.165, 1.54) is 6.42 Å². The molecule has 0 radical (unpaired) electrons. The number of rotatable bonds is 5. The maximum atomic E-state index is 13.3. The van der Waals surface area contributed by atoms with Crippen molar-refractivity contribution < 1.29 is 4.74 Å². The summed E-state index contributed by atoms with van der Waals surface area (Å²) in [6, 6.07) is 11.5. The lowest BCUT2D eigenvalue weighted by atomic mass is 9.45. The van der Waals surface area contributed by atoms with Crippen LogP contribution in [0.2, 0.25) is 10.0 Å². The fraction of sp³-hybridized carbons (Fsp3) is 0.545. The van der Waals surface area contributed by atoms with Gasteiger partial charge in [0.25, 0.3) is 5.56 Å². The van der Waals surface area contributed by atoms with Crippen LogP contribution >= 0.6 is 23.2 Å². The van der Waals surface area contributed by atoms with Crippen molar-refractivity contribution in [2.45, 2.75) is 78.7 Å². The number of aromatic nitrogens is 2. The lowest BCUT2D eigenvalue weighted by molar-refractivity contribution is -0.108. The zero-order chi connectivity index (χ0) is 29.8. The van der Waals surface area contributed by atoms with Crippen molar-refractivity contribution in [3.63, 3.8) is 0 Å². The Labute approximate surface area is 258 Å². The highest BCUT2D eigenvalue weighted by Crippen LogP contribution is 2.61. The number of ether oxygens (including phenoxy) is 1. The molecule has 42 heavy (non-hydrogen) atoms. The van der Waals surface area contributed by atoms with E-state index in [1.54, 1.807) is 17.0 Å². The second-order valence-corrected chi connectivity index (χ2v) is 14.1. The summed E-state index contributed by atoms with van der Waals surface area (Å²) in [5, 5.41) is 5.42. The number of hydrogen-bond acceptors (Lipinski definition) is 4. The first kappa shape index (κ1) is 29.5. The number of anilines is 1. The number of aryl methyl sites for hydroxylation is 2. The predicted octanol–water partition coefficient (Wildman–Crippen LogP) is 6.89. The molecule has 3 aromatic rings. The number of guanidine groups is 1. The van der Waals surface area contributed by atoms with Gasteiger partial charge < -0.3 is 15.0 Å². The van der Waals surface area contributed by atoms with E-state index >= 15 is 0 Å². The summed E-state index contributed by atoms with van der Waals surface area (Å²) in [6.45, 7) is 13.5. The molecule has 0 amide bonds. The topological polar surface area (TPSA) is 71.8 Å². The molecule has 9 heteroatoms. The maximum absolute atomic E-state index is 13.3. The Morgan fingerprint density at radius 2 is 1.86 bits per heavy atom. The lowest BCUT2D eigenvalue weighted by Gasteiger charge is -2.61. The van der Waals surface area contributed by atoms with E-state index < -0.39 is 0 Å². The Morgan fingerprint density at radius 3 is 2.55 bits per heavy atom. The molecule has 6 atom stereocenters. The summed E-state index contributed by atoms with van der Waals surface area (Å²) in [4.78, 5) is 25.7. The fourth-order valence-electron chi connectivity index (χ4n) is 7.48. The Morgan fingerprint density at radius 1 is 1.10 bits per heavy atom. The summed E-state index contributed by atoms with van der Waals surface area (Å²) in [5.74, 6) is 2.88. The number of aliphatic imine (C=N–C) groups is 1. The first-order valence-electron chi connectivity index (χ1n) is 15.2. The van der Waals surface area contributed by atoms with E-state index in [0.29, 0.717) is 45.2 Å². The van der Waals surface area contributed by atoms with Crippen molar-refractivity contribution in [1.29, 1.82) is 0 Å². The molecule has 7 rings (SSSR count). The molecule has 224 valence electrons. The standard InChI is InChI=1S/C33H41Cl2N5O2/c1-19-16-40(17-20(2)42-19)32(38-29-13-23-12-27(21(29)3)33(23,4)5)37-25-8-9-26-30(15-25)36-18-39(31(26)41)11-10-22-6-7-24(34)14-28(22)35/h6-9,14-15,18-21,23,27,29H,10-13,16-17H2,1-5H3,(H,37,38)/t19-,20+,21-,23-,27+,29-/m0/s1. The van der Waals surface area contributed by atoms with Gasteiger partial charge >= 0.3 is 0 Å². The minimum Gasteiger partial charge on any atom is -0.372 e. The van der Waals surface area contributed by atoms with Crippen LogP contribution in [0.3, 0.4) is 0 Å². The van der Waals surface area contributed by atoms with Gasteiger partial charge in [-0.1, -0.05) is 50.0 Å². The molecule has 7 nitrogen and oxygen atoms in total. The van der Waals surface area contributed by atoms with Crippen LogP contribution in [0, 0.1) is 23.2 Å². The number of hydrogen-bond donors (Lipinski definition) is 1. The van der Waals surface area contributed by atoms with Gasteiger partial charge in [-0.3, -0.25) is 9.36 Å². The fourth-order valence-corrected chi connectivity index (χ4v) is 7.99. The summed E-state index contributed by atoms with van der Waals surface area (Å²) < 4.78 is 7.68. The number of halogens is 2. The average Bonchev–Trinajstić information content (AvgIpc) is 2.93. The second kappa shape index (κ2) is 11.5. The Bertz CT molecular complexity index is 1560. The molecule has 1 N–H and O–H groups in total. The molecule has 4 fully saturated rings. The van der Waals surface area contributed by atoms with E-state index in [9.17, 15) is 4.79 Å². The molecule has 0 spiro atoms. The normalized spacial score (nSPS) is 28.9. The first-order chi connectivity index (χ1) is 20.0. The Kier molecular flexibility index (Phi) is 8.05. The second-order valence-electron chi connectivity index (χ2n) is 13.2. The highest BCUT2D eigenvalue weighted by Gasteiger charge is 2.56. The molecule has 0 unspecified atom stereocenters. The molecule has 2 aromatic carbocycles. The van der Waals surface area contributed by atoms with Crippen molar-refractivity contribution in [3.05, 3.63) is 68.7 Å². The van der Waals surface area contributed by atoms with E-state index in [2.05, 4.69) is 49.8 Å². The number of benzene rings is 2. The van der Waals surface area contributed by atoms with Crippen LogP contribution in [-0.2, 0) is 17.7 Å². The van der Waals surface area contributed by atoms with Gasteiger partial charge in [0.05, 0.1) is 35.5 Å². The quantitative estimate of drug-likeness (QED) is 0.252. The van der Waals surface area contributed by atoms with Crippen molar-refractivity contribution >= 4 is 45.8 Å². The van der Waals surface area contributed by atoms with Crippen LogP contribution in [-0.4, -0.2) is 51.7 Å². The van der Waals surface area contributed by atoms with E-state index in [4.69, 9.17) is 32.9 Å². The number of morpholine rings is 1. The number of fused-ring (bicyclic) bond motifs is 3. The van der Waals surface area contributed by atoms with Crippen LogP contribution in [0.4, 0.5) is 5.69 Å². The highest BCUT2D eigenvalue weighted by atomic mass is 35.5. The highest BCUT2D eigenvalue weighted by molar-refractivity contribution is 6.35. The molecule has 2 heterocycles.